The summed E-state index contributed by atoms with van der Waals surface area (Å²) in [5, 5.41) is 0. The molecule has 4 heteroatoms. The van der Waals surface area contributed by atoms with E-state index in [-0.39, 0.29) is 0 Å². The van der Waals surface area contributed by atoms with E-state index in [1.165, 1.54) is 0 Å². The molecule has 0 aromatic rings. The number of aliphatic imine (C=N–C) groups is 3. The molecule has 0 amide bonds. The third-order valence-corrected chi connectivity index (χ3v) is 1.99. The van der Waals surface area contributed by atoms with Gasteiger partial charge < -0.3 is 0 Å². The van der Waals surface area contributed by atoms with Gasteiger partial charge in [0.1, 0.15) is 23.8 Å². The van der Waals surface area contributed by atoms with Crippen molar-refractivity contribution in [2.24, 2.45) is 15.0 Å². The van der Waals surface area contributed by atoms with Crippen molar-refractivity contribution < 1.29 is 0 Å². The Labute approximate surface area is 75.0 Å². The van der Waals surface area contributed by atoms with Crippen molar-refractivity contribution in [1.82, 2.24) is 4.90 Å². The summed E-state index contributed by atoms with van der Waals surface area (Å²) < 4.78 is 0. The minimum absolute atomic E-state index is 0.871. The molecule has 0 aromatic heterocycles. The Hall–Kier alpha value is -1.97. The van der Waals surface area contributed by atoms with E-state index in [4.69, 9.17) is 0 Å². The maximum atomic E-state index is 4.21. The van der Waals surface area contributed by atoms with Crippen LogP contribution in [0.15, 0.2) is 51.3 Å². The van der Waals surface area contributed by atoms with Gasteiger partial charge in [0.15, 0.2) is 0 Å². The first-order valence-corrected chi connectivity index (χ1v) is 3.98. The molecule has 13 heavy (non-hydrogen) atoms. The van der Waals surface area contributed by atoms with Crippen LogP contribution < -0.4 is 0 Å². The lowest BCUT2D eigenvalue weighted by molar-refractivity contribution is 0.726. The van der Waals surface area contributed by atoms with Crippen LogP contribution in [0.4, 0.5) is 0 Å². The smallest absolute Gasteiger partial charge is 0.143 e. The molecule has 3 heterocycles. The summed E-state index contributed by atoms with van der Waals surface area (Å²) in [7, 11) is 0. The summed E-state index contributed by atoms with van der Waals surface area (Å²) in [5.74, 6) is 2.61. The largest absolute Gasteiger partial charge is 0.262 e. The maximum Gasteiger partial charge on any atom is 0.143 e. The molecule has 0 bridgehead atoms. The highest BCUT2D eigenvalue weighted by Gasteiger charge is 2.23. The molecule has 0 atom stereocenters. The van der Waals surface area contributed by atoms with Crippen LogP contribution in [0.1, 0.15) is 0 Å². The number of amidine groups is 2. The van der Waals surface area contributed by atoms with Crippen molar-refractivity contribution in [3.63, 3.8) is 0 Å². The lowest BCUT2D eigenvalue weighted by atomic mass is 10.2. The number of hydrogen-bond acceptors (Lipinski definition) is 4. The predicted molar refractivity (Wildman–Crippen MR) is 51.6 cm³/mol. The molecule has 0 aromatic carbocycles. The molecule has 0 saturated heterocycles. The number of nitrogens with zero attached hydrogens (tertiary/aromatic N) is 4. The first-order chi connectivity index (χ1) is 6.45. The van der Waals surface area contributed by atoms with E-state index in [9.17, 15) is 0 Å². The minimum Gasteiger partial charge on any atom is -0.262 e. The molecule has 62 valence electrons. The number of allylic oxidation sites excluding steroid dienone is 2. The van der Waals surface area contributed by atoms with Crippen LogP contribution in [0.25, 0.3) is 0 Å². The molecule has 0 radical (unpaired) electrons. The van der Waals surface area contributed by atoms with E-state index in [1.54, 1.807) is 12.5 Å². The van der Waals surface area contributed by atoms with Gasteiger partial charge >= 0.3 is 0 Å². The molecular weight excluding hydrogens is 164 g/mol. The third kappa shape index (κ3) is 0.823. The summed E-state index contributed by atoms with van der Waals surface area (Å²) in [5.41, 5.74) is 0. The summed E-state index contributed by atoms with van der Waals surface area (Å²) >= 11 is 0. The second-order valence-electron chi connectivity index (χ2n) is 2.75. The van der Waals surface area contributed by atoms with Crippen molar-refractivity contribution in [2.75, 3.05) is 0 Å². The van der Waals surface area contributed by atoms with Gasteiger partial charge in [0.2, 0.25) is 0 Å². The molecule has 0 unspecified atom stereocenters. The average molecular weight is 170 g/mol. The molecule has 4 nitrogen and oxygen atoms in total. The first kappa shape index (κ1) is 6.54. The van der Waals surface area contributed by atoms with Crippen LogP contribution in [0.2, 0.25) is 0 Å². The Morgan fingerprint density at radius 3 is 3.00 bits per heavy atom. The van der Waals surface area contributed by atoms with E-state index in [2.05, 4.69) is 15.0 Å². The standard InChI is InChI=1S/C9H6N4/c1-2-7-10-5-4-9-12-6-11-8(3-1)13(7)9/h1-6H. The van der Waals surface area contributed by atoms with Gasteiger partial charge in [-0.1, -0.05) is 6.08 Å². The molecule has 3 aliphatic heterocycles. The highest BCUT2D eigenvalue weighted by molar-refractivity contribution is 6.16. The highest BCUT2D eigenvalue weighted by Crippen LogP contribution is 2.19. The molecular formula is C9H6N4. The van der Waals surface area contributed by atoms with Gasteiger partial charge in [-0.15, -0.1) is 0 Å². The zero-order valence-corrected chi connectivity index (χ0v) is 6.75. The second-order valence-corrected chi connectivity index (χ2v) is 2.75. The van der Waals surface area contributed by atoms with Crippen molar-refractivity contribution in [2.45, 2.75) is 0 Å². The first-order valence-electron chi connectivity index (χ1n) is 3.98. The van der Waals surface area contributed by atoms with Crippen molar-refractivity contribution >= 4 is 18.0 Å². The van der Waals surface area contributed by atoms with E-state index >= 15 is 0 Å². The quantitative estimate of drug-likeness (QED) is 0.536. The lowest BCUT2D eigenvalue weighted by Gasteiger charge is -2.29. The predicted octanol–water partition coefficient (Wildman–Crippen LogP) is 1.07. The molecule has 0 aliphatic carbocycles. The second kappa shape index (κ2) is 2.26. The lowest BCUT2D eigenvalue weighted by Crippen LogP contribution is -2.38. The van der Waals surface area contributed by atoms with E-state index in [1.807, 2.05) is 29.2 Å². The van der Waals surface area contributed by atoms with Gasteiger partial charge in [-0.05, 0) is 18.2 Å². The van der Waals surface area contributed by atoms with Gasteiger partial charge in [0.25, 0.3) is 0 Å². The van der Waals surface area contributed by atoms with Crippen LogP contribution in [0.3, 0.4) is 0 Å². The Balaban J connectivity index is 2.23. The van der Waals surface area contributed by atoms with Gasteiger partial charge in [0.05, 0.1) is 0 Å². The fraction of sp³-hybridized carbons (Fsp3) is 0. The molecule has 3 rings (SSSR count). The van der Waals surface area contributed by atoms with Crippen molar-refractivity contribution in [3.05, 3.63) is 36.3 Å². The van der Waals surface area contributed by atoms with Gasteiger partial charge in [-0.25, -0.2) is 15.0 Å². The normalized spacial score (nSPS) is 22.2. The monoisotopic (exact) mass is 170 g/mol. The summed E-state index contributed by atoms with van der Waals surface area (Å²) in [6.07, 6.45) is 11.0. The molecule has 0 fully saturated rings. The molecule has 3 aliphatic rings. The minimum atomic E-state index is 0.871. The fourth-order valence-electron chi connectivity index (χ4n) is 1.43. The average Bonchev–Trinajstić information content (AvgIpc) is 2.19. The Morgan fingerprint density at radius 1 is 1.08 bits per heavy atom. The van der Waals surface area contributed by atoms with Crippen LogP contribution in [-0.4, -0.2) is 22.9 Å². The fourth-order valence-corrected chi connectivity index (χ4v) is 1.43. The van der Waals surface area contributed by atoms with Crippen LogP contribution in [-0.2, 0) is 0 Å². The number of hydrogen-bond donors (Lipinski definition) is 0. The zero-order valence-electron chi connectivity index (χ0n) is 6.75. The van der Waals surface area contributed by atoms with Crippen molar-refractivity contribution in [3.8, 4) is 0 Å². The van der Waals surface area contributed by atoms with Crippen molar-refractivity contribution in [1.29, 1.82) is 0 Å². The summed E-state index contributed by atoms with van der Waals surface area (Å²) in [6, 6.07) is 0. The van der Waals surface area contributed by atoms with Gasteiger partial charge in [-0.3, -0.25) is 4.90 Å². The third-order valence-electron chi connectivity index (χ3n) is 1.99. The van der Waals surface area contributed by atoms with Crippen LogP contribution in [0.5, 0.6) is 0 Å². The summed E-state index contributed by atoms with van der Waals surface area (Å²) in [4.78, 5) is 14.4. The SMILES string of the molecule is C1=CC2=NC=CC3=NC=NC(=C1)N23. The maximum absolute atomic E-state index is 4.21. The molecule has 0 spiro atoms. The van der Waals surface area contributed by atoms with Crippen LogP contribution >= 0.6 is 0 Å². The van der Waals surface area contributed by atoms with Crippen LogP contribution in [0, 0.1) is 0 Å². The molecule has 0 N–H and O–H groups in total. The van der Waals surface area contributed by atoms with Gasteiger partial charge in [0, 0.05) is 6.20 Å². The highest BCUT2D eigenvalue weighted by atomic mass is 15.3. The zero-order chi connectivity index (χ0) is 8.67. The van der Waals surface area contributed by atoms with E-state index in [0.29, 0.717) is 0 Å². The van der Waals surface area contributed by atoms with E-state index < -0.39 is 0 Å². The Morgan fingerprint density at radius 2 is 2.00 bits per heavy atom. The topological polar surface area (TPSA) is 40.3 Å². The Kier molecular flexibility index (Phi) is 1.14. The number of rotatable bonds is 0. The summed E-state index contributed by atoms with van der Waals surface area (Å²) in [6.45, 7) is 0. The molecule has 0 saturated carbocycles. The van der Waals surface area contributed by atoms with Gasteiger partial charge in [-0.2, -0.15) is 0 Å². The Bertz CT molecular complexity index is 368. The van der Waals surface area contributed by atoms with E-state index in [0.717, 1.165) is 17.5 Å².